The van der Waals surface area contributed by atoms with Crippen molar-refractivity contribution in [3.05, 3.63) is 12.7 Å². The molecule has 0 heterocycles. The van der Waals surface area contributed by atoms with Gasteiger partial charge in [0.25, 0.3) is 0 Å². The van der Waals surface area contributed by atoms with Crippen molar-refractivity contribution in [1.29, 1.82) is 0 Å². The van der Waals surface area contributed by atoms with Crippen molar-refractivity contribution in [3.8, 4) is 0 Å². The molecule has 3 aliphatic rings. The fraction of sp³-hybridized carbons (Fsp3) is 0.833. The molecule has 0 aromatic rings. The predicted octanol–water partition coefficient (Wildman–Crippen LogP) is 4.42. The van der Waals surface area contributed by atoms with Crippen LogP contribution in [0, 0.1) is 28.1 Å². The van der Waals surface area contributed by atoms with Gasteiger partial charge < -0.3 is 14.6 Å². The number of carbonyl (C=O) groups excluding carboxylic acids is 2. The van der Waals surface area contributed by atoms with Crippen molar-refractivity contribution in [2.24, 2.45) is 28.1 Å². The van der Waals surface area contributed by atoms with Gasteiger partial charge in [0.05, 0.1) is 5.60 Å². The Bertz CT molecular complexity index is 699. The lowest BCUT2D eigenvalue weighted by atomic mass is 9.41. The highest BCUT2D eigenvalue weighted by atomic mass is 16.6. The summed E-state index contributed by atoms with van der Waals surface area (Å²) in [5.41, 5.74) is -1.70. The van der Waals surface area contributed by atoms with Crippen molar-refractivity contribution in [2.45, 2.75) is 97.9 Å². The average molecular weight is 407 g/mol. The molecule has 3 rings (SSSR count). The normalized spacial score (nSPS) is 46.0. The van der Waals surface area contributed by atoms with E-state index in [-0.39, 0.29) is 16.7 Å². The van der Waals surface area contributed by atoms with Gasteiger partial charge in [-0.05, 0) is 48.9 Å². The molecule has 3 saturated carbocycles. The number of aliphatic hydroxyl groups is 1. The van der Waals surface area contributed by atoms with E-state index in [0.29, 0.717) is 18.8 Å². The number of carbonyl (C=O) groups is 2. The molecular weight excluding hydrogens is 368 g/mol. The van der Waals surface area contributed by atoms with Gasteiger partial charge in [0.1, 0.15) is 12.2 Å². The molecule has 7 unspecified atom stereocenters. The zero-order valence-electron chi connectivity index (χ0n) is 18.9. The van der Waals surface area contributed by atoms with Crippen molar-refractivity contribution in [1.82, 2.24) is 0 Å². The summed E-state index contributed by atoms with van der Waals surface area (Å²) in [4.78, 5) is 24.1. The van der Waals surface area contributed by atoms with Gasteiger partial charge in [-0.3, -0.25) is 9.59 Å². The van der Waals surface area contributed by atoms with E-state index in [1.54, 1.807) is 6.08 Å². The van der Waals surface area contributed by atoms with Crippen LogP contribution in [0.4, 0.5) is 0 Å². The second-order valence-corrected chi connectivity index (χ2v) is 11.0. The van der Waals surface area contributed by atoms with Crippen molar-refractivity contribution in [3.63, 3.8) is 0 Å². The number of fused-ring (bicyclic) bond motifs is 3. The predicted molar refractivity (Wildman–Crippen MR) is 111 cm³/mol. The van der Waals surface area contributed by atoms with Gasteiger partial charge in [0, 0.05) is 25.2 Å². The zero-order valence-corrected chi connectivity index (χ0v) is 18.9. The topological polar surface area (TPSA) is 72.8 Å². The standard InChI is InChI=1S/C24H38O5/c1-8-22(6)14-24(27)13-10-17-21(4,5)11-9-12-23(17,7)19(24)18(28-15(2)25)20(22)29-16(3)26/h8,17-20,27H,1,9-14H2,2-7H3. The van der Waals surface area contributed by atoms with E-state index in [9.17, 15) is 14.7 Å². The van der Waals surface area contributed by atoms with Gasteiger partial charge in [0.15, 0.2) is 0 Å². The SMILES string of the molecule is C=CC1(C)CC2(O)CCC3C(C)(C)CCCC3(C)C2C(OC(C)=O)C1OC(C)=O. The molecule has 0 bridgehead atoms. The minimum Gasteiger partial charge on any atom is -0.458 e. The van der Waals surface area contributed by atoms with Crippen molar-refractivity contribution >= 4 is 11.9 Å². The van der Waals surface area contributed by atoms with Crippen LogP contribution in [-0.4, -0.2) is 34.9 Å². The van der Waals surface area contributed by atoms with Crippen molar-refractivity contribution < 1.29 is 24.2 Å². The number of ether oxygens (including phenoxy) is 2. The third-order valence-corrected chi connectivity index (χ3v) is 8.46. The number of hydrogen-bond donors (Lipinski definition) is 1. The maximum atomic E-state index is 12.1. The highest BCUT2D eigenvalue weighted by molar-refractivity contribution is 5.67. The molecule has 164 valence electrons. The Morgan fingerprint density at radius 1 is 1.03 bits per heavy atom. The van der Waals surface area contributed by atoms with Crippen LogP contribution in [0.2, 0.25) is 0 Å². The first-order chi connectivity index (χ1) is 13.3. The summed E-state index contributed by atoms with van der Waals surface area (Å²) in [5, 5.41) is 12.0. The molecule has 0 aliphatic heterocycles. The molecule has 1 N–H and O–H groups in total. The van der Waals surface area contributed by atoms with E-state index in [0.717, 1.165) is 25.7 Å². The fourth-order valence-corrected chi connectivity index (χ4v) is 7.50. The first kappa shape index (κ1) is 22.3. The lowest BCUT2D eigenvalue weighted by molar-refractivity contribution is -0.273. The molecular formula is C24H38O5. The average Bonchev–Trinajstić information content (AvgIpc) is 2.55. The minimum absolute atomic E-state index is 0.158. The third kappa shape index (κ3) is 3.54. The highest BCUT2D eigenvalue weighted by Gasteiger charge is 2.68. The lowest BCUT2D eigenvalue weighted by Gasteiger charge is -2.66. The van der Waals surface area contributed by atoms with E-state index in [1.165, 1.54) is 13.8 Å². The Kier molecular flexibility index (Phi) is 5.47. The molecule has 0 aromatic heterocycles. The lowest BCUT2D eigenvalue weighted by Crippen LogP contribution is -2.70. The van der Waals surface area contributed by atoms with Gasteiger partial charge in [0.2, 0.25) is 0 Å². The smallest absolute Gasteiger partial charge is 0.303 e. The third-order valence-electron chi connectivity index (χ3n) is 8.46. The summed E-state index contributed by atoms with van der Waals surface area (Å²) < 4.78 is 11.7. The summed E-state index contributed by atoms with van der Waals surface area (Å²) in [7, 11) is 0. The monoisotopic (exact) mass is 406 g/mol. The van der Waals surface area contributed by atoms with Crippen molar-refractivity contribution in [2.75, 3.05) is 0 Å². The van der Waals surface area contributed by atoms with E-state index < -0.39 is 35.2 Å². The molecule has 0 aromatic carbocycles. The van der Waals surface area contributed by atoms with Crippen LogP contribution in [0.3, 0.4) is 0 Å². The molecule has 0 saturated heterocycles. The second-order valence-electron chi connectivity index (χ2n) is 11.0. The van der Waals surface area contributed by atoms with E-state index in [1.807, 2.05) is 6.92 Å². The highest BCUT2D eigenvalue weighted by Crippen LogP contribution is 2.67. The summed E-state index contributed by atoms with van der Waals surface area (Å²) in [6.07, 6.45) is 5.68. The number of esters is 2. The maximum Gasteiger partial charge on any atom is 0.303 e. The number of hydrogen-bond acceptors (Lipinski definition) is 5. The van der Waals surface area contributed by atoms with Crippen LogP contribution < -0.4 is 0 Å². The van der Waals surface area contributed by atoms with E-state index in [2.05, 4.69) is 27.4 Å². The quantitative estimate of drug-likeness (QED) is 0.555. The minimum atomic E-state index is -0.988. The van der Waals surface area contributed by atoms with Gasteiger partial charge in [-0.25, -0.2) is 0 Å². The Balaban J connectivity index is 2.16. The van der Waals surface area contributed by atoms with Gasteiger partial charge in [-0.15, -0.1) is 6.58 Å². The Morgan fingerprint density at radius 3 is 2.21 bits per heavy atom. The molecule has 7 atom stereocenters. The molecule has 5 heteroatoms. The molecule has 3 fully saturated rings. The van der Waals surface area contributed by atoms with Crippen LogP contribution in [-0.2, 0) is 19.1 Å². The molecule has 3 aliphatic carbocycles. The van der Waals surface area contributed by atoms with Crippen LogP contribution in [0.15, 0.2) is 12.7 Å². The molecule has 0 radical (unpaired) electrons. The largest absolute Gasteiger partial charge is 0.458 e. The maximum absolute atomic E-state index is 12.1. The van der Waals surface area contributed by atoms with Crippen LogP contribution >= 0.6 is 0 Å². The zero-order chi connectivity index (χ0) is 21.8. The first-order valence-corrected chi connectivity index (χ1v) is 11.0. The molecule has 0 amide bonds. The second kappa shape index (κ2) is 7.11. The fourth-order valence-electron chi connectivity index (χ4n) is 7.50. The Labute approximate surface area is 175 Å². The van der Waals surface area contributed by atoms with Gasteiger partial charge in [-0.2, -0.15) is 0 Å². The van der Waals surface area contributed by atoms with E-state index in [4.69, 9.17) is 9.47 Å². The van der Waals surface area contributed by atoms with Gasteiger partial charge in [-0.1, -0.05) is 40.2 Å². The summed E-state index contributed by atoms with van der Waals surface area (Å²) in [6, 6.07) is 0. The van der Waals surface area contributed by atoms with Gasteiger partial charge >= 0.3 is 11.9 Å². The van der Waals surface area contributed by atoms with Crippen LogP contribution in [0.5, 0.6) is 0 Å². The summed E-state index contributed by atoms with van der Waals surface area (Å²) >= 11 is 0. The van der Waals surface area contributed by atoms with Crippen LogP contribution in [0.25, 0.3) is 0 Å². The molecule has 0 spiro atoms. The van der Waals surface area contributed by atoms with Crippen LogP contribution in [0.1, 0.15) is 80.1 Å². The molecule has 29 heavy (non-hydrogen) atoms. The number of rotatable bonds is 3. The first-order valence-electron chi connectivity index (χ1n) is 11.0. The summed E-state index contributed by atoms with van der Waals surface area (Å²) in [5.74, 6) is -0.691. The summed E-state index contributed by atoms with van der Waals surface area (Å²) in [6.45, 7) is 15.6. The molecule has 5 nitrogen and oxygen atoms in total. The van der Waals surface area contributed by atoms with E-state index >= 15 is 0 Å². The Hall–Kier alpha value is -1.36. The Morgan fingerprint density at radius 2 is 1.66 bits per heavy atom.